The average Bonchev–Trinajstić information content (AvgIpc) is 3.02. The van der Waals surface area contributed by atoms with Crippen molar-refractivity contribution < 1.29 is 9.15 Å². The quantitative estimate of drug-likeness (QED) is 0.231. The maximum absolute atomic E-state index is 5.54. The third-order valence-corrected chi connectivity index (χ3v) is 5.45. The molecule has 0 aromatic carbocycles. The number of nitrogens with one attached hydrogen (secondary N) is 2. The average molecular weight is 475 g/mol. The van der Waals surface area contributed by atoms with Crippen LogP contribution >= 0.6 is 24.0 Å². The molecule has 0 aliphatic heterocycles. The molecule has 0 unspecified atom stereocenters. The molecule has 1 aromatic heterocycles. The molecule has 2 aliphatic carbocycles. The zero-order valence-corrected chi connectivity index (χ0v) is 18.3. The highest BCUT2D eigenvalue weighted by molar-refractivity contribution is 14.0. The van der Waals surface area contributed by atoms with Gasteiger partial charge in [0.1, 0.15) is 5.76 Å². The van der Waals surface area contributed by atoms with Crippen LogP contribution in [0.1, 0.15) is 57.6 Å². The zero-order chi connectivity index (χ0) is 17.4. The number of hydrogen-bond acceptors (Lipinski definition) is 3. The second-order valence-electron chi connectivity index (χ2n) is 7.49. The predicted molar refractivity (Wildman–Crippen MR) is 116 cm³/mol. The molecule has 0 atom stereocenters. The van der Waals surface area contributed by atoms with E-state index in [4.69, 9.17) is 14.1 Å². The van der Waals surface area contributed by atoms with E-state index in [1.807, 2.05) is 12.1 Å². The molecule has 2 fully saturated rings. The molecule has 2 N–H and O–H groups in total. The minimum Gasteiger partial charge on any atom is -0.469 e. The fourth-order valence-corrected chi connectivity index (χ4v) is 3.52. The minimum atomic E-state index is 0. The number of rotatable bonds is 10. The van der Waals surface area contributed by atoms with Gasteiger partial charge in [0.25, 0.3) is 0 Å². The number of nitrogens with zero attached hydrogens (tertiary/aromatic N) is 1. The number of ether oxygens (including phenoxy) is 1. The van der Waals surface area contributed by atoms with Gasteiger partial charge in [0.15, 0.2) is 5.96 Å². The summed E-state index contributed by atoms with van der Waals surface area (Å²) in [4.78, 5) is 4.93. The molecule has 0 amide bonds. The van der Waals surface area contributed by atoms with Crippen molar-refractivity contribution in [1.82, 2.24) is 10.6 Å². The Morgan fingerprint density at radius 2 is 2.15 bits per heavy atom. The SMILES string of the molecule is CCOCCC1(CN=C(NCCc2ccco2)NC2CCCC2)CC1.I. The Morgan fingerprint density at radius 1 is 1.35 bits per heavy atom. The van der Waals surface area contributed by atoms with E-state index in [2.05, 4.69) is 17.6 Å². The molecule has 0 radical (unpaired) electrons. The number of aliphatic imine (C=N–C) groups is 1. The summed E-state index contributed by atoms with van der Waals surface area (Å²) in [6.45, 7) is 5.48. The molecule has 0 saturated heterocycles. The van der Waals surface area contributed by atoms with Gasteiger partial charge < -0.3 is 19.8 Å². The fraction of sp³-hybridized carbons (Fsp3) is 0.750. The summed E-state index contributed by atoms with van der Waals surface area (Å²) < 4.78 is 11.0. The second-order valence-corrected chi connectivity index (χ2v) is 7.49. The second kappa shape index (κ2) is 11.2. The summed E-state index contributed by atoms with van der Waals surface area (Å²) in [5.74, 6) is 1.99. The first-order chi connectivity index (χ1) is 12.3. The maximum atomic E-state index is 5.54. The molecule has 2 aliphatic rings. The normalized spacial score (nSPS) is 19.2. The van der Waals surface area contributed by atoms with E-state index in [0.29, 0.717) is 11.5 Å². The zero-order valence-electron chi connectivity index (χ0n) is 16.0. The summed E-state index contributed by atoms with van der Waals surface area (Å²) in [7, 11) is 0. The van der Waals surface area contributed by atoms with E-state index in [1.54, 1.807) is 6.26 Å². The molecule has 148 valence electrons. The van der Waals surface area contributed by atoms with E-state index in [0.717, 1.165) is 50.9 Å². The molecule has 26 heavy (non-hydrogen) atoms. The highest BCUT2D eigenvalue weighted by atomic mass is 127. The van der Waals surface area contributed by atoms with E-state index in [9.17, 15) is 0 Å². The van der Waals surface area contributed by atoms with Crippen LogP contribution in [-0.4, -0.2) is 38.3 Å². The molecule has 0 spiro atoms. The molecule has 0 bridgehead atoms. The summed E-state index contributed by atoms with van der Waals surface area (Å²) in [5.41, 5.74) is 0.389. The van der Waals surface area contributed by atoms with Crippen LogP contribution in [0, 0.1) is 5.41 Å². The largest absolute Gasteiger partial charge is 0.469 e. The standard InChI is InChI=1S/C20H33N3O2.HI/c1-2-24-15-12-20(10-11-20)16-22-19(23-17-6-3-4-7-17)21-13-9-18-8-5-14-25-18;/h5,8,14,17H,2-4,6-7,9-13,15-16H2,1H3,(H2,21,22,23);1H. The van der Waals surface area contributed by atoms with E-state index < -0.39 is 0 Å². The van der Waals surface area contributed by atoms with Crippen LogP contribution in [0.15, 0.2) is 27.8 Å². The summed E-state index contributed by atoms with van der Waals surface area (Å²) in [5, 5.41) is 7.14. The lowest BCUT2D eigenvalue weighted by Gasteiger charge is -2.19. The third kappa shape index (κ3) is 7.10. The van der Waals surface area contributed by atoms with Gasteiger partial charge in [0.05, 0.1) is 6.26 Å². The van der Waals surface area contributed by atoms with Crippen molar-refractivity contribution in [2.75, 3.05) is 26.3 Å². The highest BCUT2D eigenvalue weighted by Gasteiger charge is 2.41. The van der Waals surface area contributed by atoms with Crippen LogP contribution in [0.3, 0.4) is 0 Å². The lowest BCUT2D eigenvalue weighted by atomic mass is 10.0. The van der Waals surface area contributed by atoms with Crippen molar-refractivity contribution >= 4 is 29.9 Å². The number of guanidine groups is 1. The van der Waals surface area contributed by atoms with E-state index in [1.165, 1.54) is 38.5 Å². The van der Waals surface area contributed by atoms with E-state index in [-0.39, 0.29) is 24.0 Å². The van der Waals surface area contributed by atoms with Gasteiger partial charge >= 0.3 is 0 Å². The van der Waals surface area contributed by atoms with E-state index >= 15 is 0 Å². The van der Waals surface area contributed by atoms with Crippen molar-refractivity contribution in [1.29, 1.82) is 0 Å². The monoisotopic (exact) mass is 475 g/mol. The van der Waals surface area contributed by atoms with Crippen molar-refractivity contribution in [3.63, 3.8) is 0 Å². The van der Waals surface area contributed by atoms with Gasteiger partial charge in [-0.1, -0.05) is 12.8 Å². The Hall–Kier alpha value is -0.760. The van der Waals surface area contributed by atoms with Crippen molar-refractivity contribution in [2.45, 2.75) is 64.3 Å². The molecular weight excluding hydrogens is 441 g/mol. The molecular formula is C20H34IN3O2. The van der Waals surface area contributed by atoms with Gasteiger partial charge in [-0.2, -0.15) is 0 Å². The van der Waals surface area contributed by atoms with Crippen LogP contribution in [-0.2, 0) is 11.2 Å². The highest BCUT2D eigenvalue weighted by Crippen LogP contribution is 2.49. The van der Waals surface area contributed by atoms with Crippen LogP contribution < -0.4 is 10.6 Å². The smallest absolute Gasteiger partial charge is 0.191 e. The van der Waals surface area contributed by atoms with Gasteiger partial charge in [-0.3, -0.25) is 4.99 Å². The van der Waals surface area contributed by atoms with Gasteiger partial charge in [0.2, 0.25) is 0 Å². The first-order valence-electron chi connectivity index (χ1n) is 9.95. The Balaban J connectivity index is 0.00000243. The molecule has 2 saturated carbocycles. The Morgan fingerprint density at radius 3 is 2.81 bits per heavy atom. The third-order valence-electron chi connectivity index (χ3n) is 5.45. The fourth-order valence-electron chi connectivity index (χ4n) is 3.52. The molecule has 6 heteroatoms. The summed E-state index contributed by atoms with van der Waals surface area (Å²) in [6.07, 6.45) is 11.5. The van der Waals surface area contributed by atoms with Gasteiger partial charge in [-0.25, -0.2) is 0 Å². The van der Waals surface area contributed by atoms with Gasteiger partial charge in [0, 0.05) is 38.8 Å². The summed E-state index contributed by atoms with van der Waals surface area (Å²) in [6, 6.07) is 4.54. The van der Waals surface area contributed by atoms with Crippen LogP contribution in [0.5, 0.6) is 0 Å². The van der Waals surface area contributed by atoms with Crippen molar-refractivity contribution in [3.8, 4) is 0 Å². The first kappa shape index (κ1) is 21.5. The van der Waals surface area contributed by atoms with Crippen LogP contribution in [0.25, 0.3) is 0 Å². The lowest BCUT2D eigenvalue weighted by molar-refractivity contribution is 0.129. The summed E-state index contributed by atoms with van der Waals surface area (Å²) >= 11 is 0. The van der Waals surface area contributed by atoms with Crippen LogP contribution in [0.4, 0.5) is 0 Å². The number of hydrogen-bond donors (Lipinski definition) is 2. The van der Waals surface area contributed by atoms with Crippen molar-refractivity contribution in [2.24, 2.45) is 10.4 Å². The number of halogens is 1. The number of furan rings is 1. The Labute approximate surface area is 174 Å². The Kier molecular flexibility index (Phi) is 9.25. The minimum absolute atomic E-state index is 0. The van der Waals surface area contributed by atoms with Crippen molar-refractivity contribution in [3.05, 3.63) is 24.2 Å². The molecule has 1 aromatic rings. The maximum Gasteiger partial charge on any atom is 0.191 e. The Bertz CT molecular complexity index is 523. The predicted octanol–water partition coefficient (Wildman–Crippen LogP) is 4.12. The topological polar surface area (TPSA) is 58.8 Å². The molecule has 1 heterocycles. The lowest BCUT2D eigenvalue weighted by Crippen LogP contribution is -2.43. The molecule has 3 rings (SSSR count). The first-order valence-corrected chi connectivity index (χ1v) is 9.95. The molecule has 5 nitrogen and oxygen atoms in total. The van der Waals surface area contributed by atoms with Crippen LogP contribution in [0.2, 0.25) is 0 Å². The van der Waals surface area contributed by atoms with Gasteiger partial charge in [-0.05, 0) is 56.6 Å². The van der Waals surface area contributed by atoms with Gasteiger partial charge in [-0.15, -0.1) is 24.0 Å².